The Balaban J connectivity index is 2.18. The topological polar surface area (TPSA) is 212 Å². The number of ether oxygens (including phenoxy) is 3. The standard InChI is InChI=1S/C12H21NO11/c13-3-5(16)4(15)2(1-14)22-12(3)24-8-6(17)7(18)11(21)23-9(8)10(19)20/h2-9,11-12,14-18,21H,1,13H2,(H,19,20)/t2-,3-,4-,5-,6-,7-,8+,9-,11-,12-/m1/s1. The molecule has 2 rings (SSSR count). The highest BCUT2D eigenvalue weighted by atomic mass is 16.7. The van der Waals surface area contributed by atoms with E-state index in [1.165, 1.54) is 0 Å². The number of carboxylic acid groups (broad SMARTS) is 1. The van der Waals surface area contributed by atoms with Gasteiger partial charge in [-0.25, -0.2) is 4.79 Å². The number of hydrogen-bond acceptors (Lipinski definition) is 11. The van der Waals surface area contributed by atoms with E-state index in [0.29, 0.717) is 0 Å². The summed E-state index contributed by atoms with van der Waals surface area (Å²) in [5.41, 5.74) is 5.65. The van der Waals surface area contributed by atoms with Gasteiger partial charge in [0.05, 0.1) is 12.6 Å². The fourth-order valence-electron chi connectivity index (χ4n) is 2.58. The van der Waals surface area contributed by atoms with Crippen LogP contribution in [-0.2, 0) is 19.0 Å². The van der Waals surface area contributed by atoms with Crippen molar-refractivity contribution in [2.75, 3.05) is 6.61 Å². The van der Waals surface area contributed by atoms with E-state index >= 15 is 0 Å². The summed E-state index contributed by atoms with van der Waals surface area (Å²) in [5.74, 6) is -1.59. The molecule has 140 valence electrons. The van der Waals surface area contributed by atoms with Crippen molar-refractivity contribution in [2.24, 2.45) is 5.73 Å². The molecule has 0 spiro atoms. The summed E-state index contributed by atoms with van der Waals surface area (Å²) in [6.07, 6.45) is -15.0. The largest absolute Gasteiger partial charge is 0.479 e. The zero-order valence-electron chi connectivity index (χ0n) is 12.3. The van der Waals surface area contributed by atoms with Gasteiger partial charge in [0.2, 0.25) is 0 Å². The van der Waals surface area contributed by atoms with E-state index in [4.69, 9.17) is 25.4 Å². The maximum absolute atomic E-state index is 11.2. The zero-order chi connectivity index (χ0) is 18.2. The summed E-state index contributed by atoms with van der Waals surface area (Å²) in [5, 5.41) is 66.7. The van der Waals surface area contributed by atoms with E-state index in [1.807, 2.05) is 0 Å². The first-order valence-corrected chi connectivity index (χ1v) is 7.15. The molecule has 12 nitrogen and oxygen atoms in total. The molecule has 2 fully saturated rings. The van der Waals surface area contributed by atoms with Crippen LogP contribution in [0.25, 0.3) is 0 Å². The van der Waals surface area contributed by atoms with Crippen molar-refractivity contribution in [3.63, 3.8) is 0 Å². The van der Waals surface area contributed by atoms with Gasteiger partial charge in [-0.2, -0.15) is 0 Å². The normalized spacial score (nSPS) is 49.8. The molecule has 0 radical (unpaired) electrons. The van der Waals surface area contributed by atoms with E-state index in [1.54, 1.807) is 0 Å². The van der Waals surface area contributed by atoms with E-state index in [2.05, 4.69) is 4.74 Å². The summed E-state index contributed by atoms with van der Waals surface area (Å²) < 4.78 is 15.1. The third-order valence-electron chi connectivity index (χ3n) is 4.03. The van der Waals surface area contributed by atoms with Crippen molar-refractivity contribution in [2.45, 2.75) is 61.3 Å². The number of rotatable bonds is 4. The van der Waals surface area contributed by atoms with Crippen LogP contribution in [0.5, 0.6) is 0 Å². The first-order valence-electron chi connectivity index (χ1n) is 7.15. The minimum absolute atomic E-state index is 0.682. The minimum atomic E-state index is -1.94. The Morgan fingerprint density at radius 2 is 1.62 bits per heavy atom. The van der Waals surface area contributed by atoms with Crippen LogP contribution in [0, 0.1) is 0 Å². The van der Waals surface area contributed by atoms with Crippen LogP contribution < -0.4 is 5.73 Å². The molecular weight excluding hydrogens is 334 g/mol. The molecule has 24 heavy (non-hydrogen) atoms. The van der Waals surface area contributed by atoms with Crippen LogP contribution in [-0.4, -0.2) is 110 Å². The van der Waals surface area contributed by atoms with Gasteiger partial charge >= 0.3 is 5.97 Å². The van der Waals surface area contributed by atoms with Crippen molar-refractivity contribution in [1.82, 2.24) is 0 Å². The zero-order valence-corrected chi connectivity index (χ0v) is 12.3. The molecule has 2 saturated heterocycles. The van der Waals surface area contributed by atoms with Crippen LogP contribution in [0.3, 0.4) is 0 Å². The second kappa shape index (κ2) is 7.53. The van der Waals surface area contributed by atoms with Crippen LogP contribution in [0.4, 0.5) is 0 Å². The molecule has 2 aliphatic heterocycles. The smallest absolute Gasteiger partial charge is 0.335 e. The molecule has 0 bridgehead atoms. The molecule has 0 aromatic carbocycles. The lowest BCUT2D eigenvalue weighted by molar-refractivity contribution is -0.333. The Bertz CT molecular complexity index is 449. The van der Waals surface area contributed by atoms with E-state index in [-0.39, 0.29) is 0 Å². The van der Waals surface area contributed by atoms with E-state index in [0.717, 1.165) is 0 Å². The maximum atomic E-state index is 11.2. The van der Waals surface area contributed by atoms with Gasteiger partial charge in [0.25, 0.3) is 0 Å². The highest BCUT2D eigenvalue weighted by Gasteiger charge is 2.51. The van der Waals surface area contributed by atoms with Gasteiger partial charge in [0, 0.05) is 0 Å². The number of aliphatic hydroxyl groups is 6. The molecule has 0 aliphatic carbocycles. The summed E-state index contributed by atoms with van der Waals surface area (Å²) in [6, 6.07) is -1.34. The second-order valence-electron chi connectivity index (χ2n) is 5.65. The minimum Gasteiger partial charge on any atom is -0.479 e. The highest BCUT2D eigenvalue weighted by Crippen LogP contribution is 2.28. The number of carboxylic acids is 1. The molecule has 0 unspecified atom stereocenters. The monoisotopic (exact) mass is 355 g/mol. The number of aliphatic hydroxyl groups excluding tert-OH is 6. The predicted octanol–water partition coefficient (Wildman–Crippen LogP) is -5.34. The van der Waals surface area contributed by atoms with Crippen molar-refractivity contribution in [3.05, 3.63) is 0 Å². The lowest BCUT2D eigenvalue weighted by atomic mass is 9.96. The maximum Gasteiger partial charge on any atom is 0.335 e. The molecule has 0 amide bonds. The summed E-state index contributed by atoms with van der Waals surface area (Å²) in [7, 11) is 0. The van der Waals surface area contributed by atoms with Gasteiger partial charge in [0.15, 0.2) is 18.7 Å². The molecule has 10 atom stereocenters. The second-order valence-corrected chi connectivity index (χ2v) is 5.65. The van der Waals surface area contributed by atoms with Crippen molar-refractivity contribution in [1.29, 1.82) is 0 Å². The predicted molar refractivity (Wildman–Crippen MR) is 71.1 cm³/mol. The van der Waals surface area contributed by atoms with Crippen molar-refractivity contribution in [3.8, 4) is 0 Å². The number of carbonyl (C=O) groups is 1. The third-order valence-corrected chi connectivity index (χ3v) is 4.03. The summed E-state index contributed by atoms with van der Waals surface area (Å²) in [4.78, 5) is 11.2. The van der Waals surface area contributed by atoms with Crippen molar-refractivity contribution >= 4 is 5.97 Å². The lowest BCUT2D eigenvalue weighted by Crippen LogP contribution is -2.66. The molecule has 0 aromatic heterocycles. The fourth-order valence-corrected chi connectivity index (χ4v) is 2.58. The van der Waals surface area contributed by atoms with Gasteiger partial charge in [0.1, 0.15) is 36.6 Å². The molecule has 0 saturated carbocycles. The Kier molecular flexibility index (Phi) is 6.09. The first-order chi connectivity index (χ1) is 11.2. The van der Waals surface area contributed by atoms with Crippen LogP contribution in [0.15, 0.2) is 0 Å². The Morgan fingerprint density at radius 3 is 2.17 bits per heavy atom. The van der Waals surface area contributed by atoms with Crippen LogP contribution in [0.1, 0.15) is 0 Å². The Hall–Kier alpha value is -0.930. The number of aliphatic carboxylic acids is 1. The number of hydrogen-bond donors (Lipinski definition) is 8. The summed E-state index contributed by atoms with van der Waals surface area (Å²) in [6.45, 7) is -0.682. The summed E-state index contributed by atoms with van der Waals surface area (Å²) >= 11 is 0. The van der Waals surface area contributed by atoms with Gasteiger partial charge in [-0.1, -0.05) is 0 Å². The molecule has 2 aliphatic rings. The van der Waals surface area contributed by atoms with E-state index in [9.17, 15) is 30.3 Å². The number of nitrogens with two attached hydrogens (primary N) is 1. The van der Waals surface area contributed by atoms with Gasteiger partial charge < -0.3 is 55.7 Å². The quantitative estimate of drug-likeness (QED) is 0.237. The first kappa shape index (κ1) is 19.4. The average Bonchev–Trinajstić information content (AvgIpc) is 2.54. The average molecular weight is 355 g/mol. The lowest BCUT2D eigenvalue weighted by Gasteiger charge is -2.45. The highest BCUT2D eigenvalue weighted by molar-refractivity contribution is 5.73. The van der Waals surface area contributed by atoms with E-state index < -0.39 is 73.9 Å². The van der Waals surface area contributed by atoms with Crippen LogP contribution in [0.2, 0.25) is 0 Å². The SMILES string of the molecule is N[C@H]1[C@@H](O[C@H]2[C@H](O)[C@@H](O)[C@H](O)O[C@H]2C(=O)O)O[C@H](CO)[C@@H](O)[C@@H]1O. The molecule has 0 aromatic rings. The fraction of sp³-hybridized carbons (Fsp3) is 0.917. The molecular formula is C12H21NO11. The Morgan fingerprint density at radius 1 is 1.00 bits per heavy atom. The Labute approximate surface area is 135 Å². The van der Waals surface area contributed by atoms with Crippen LogP contribution >= 0.6 is 0 Å². The van der Waals surface area contributed by atoms with Crippen molar-refractivity contribution < 1.29 is 54.8 Å². The third kappa shape index (κ3) is 3.52. The van der Waals surface area contributed by atoms with Gasteiger partial charge in [-0.15, -0.1) is 0 Å². The molecule has 2 heterocycles. The molecule has 12 heteroatoms. The molecule has 9 N–H and O–H groups in total. The van der Waals surface area contributed by atoms with Gasteiger partial charge in [-0.3, -0.25) is 0 Å². The van der Waals surface area contributed by atoms with Gasteiger partial charge in [-0.05, 0) is 0 Å².